The molecule has 2 heterocycles. The summed E-state index contributed by atoms with van der Waals surface area (Å²) in [6.07, 6.45) is -4.54. The molecule has 0 aromatic heterocycles. The highest BCUT2D eigenvalue weighted by atomic mass is 32.2. The quantitative estimate of drug-likeness (QED) is 0.743. The van der Waals surface area contributed by atoms with Crippen molar-refractivity contribution in [2.75, 3.05) is 28.3 Å². The van der Waals surface area contributed by atoms with E-state index < -0.39 is 33.5 Å². The van der Waals surface area contributed by atoms with Crippen LogP contribution < -0.4 is 10.2 Å². The summed E-state index contributed by atoms with van der Waals surface area (Å²) in [6.45, 7) is -0.270. The van der Waals surface area contributed by atoms with Gasteiger partial charge in [-0.2, -0.15) is 13.2 Å². The SMILES string of the molecule is O=C(CN(C1=N[C@H]2CS(=O)(=O)C[C@H]2S1)c1cccc(C(F)(F)F)c1)Nc1ccccc1. The Balaban J connectivity index is 1.63. The van der Waals surface area contributed by atoms with Crippen LogP contribution >= 0.6 is 11.8 Å². The van der Waals surface area contributed by atoms with E-state index in [0.29, 0.717) is 10.9 Å². The molecule has 6 nitrogen and oxygen atoms in total. The molecule has 0 aliphatic carbocycles. The lowest BCUT2D eigenvalue weighted by molar-refractivity contribution is -0.137. The number of carbonyl (C=O) groups is 1. The van der Waals surface area contributed by atoms with E-state index in [4.69, 9.17) is 0 Å². The second kappa shape index (κ2) is 8.19. The van der Waals surface area contributed by atoms with Crippen LogP contribution in [0.5, 0.6) is 0 Å². The van der Waals surface area contributed by atoms with Crippen LogP contribution in [0.1, 0.15) is 5.56 Å². The molecule has 2 atom stereocenters. The number of sulfone groups is 1. The van der Waals surface area contributed by atoms with E-state index in [-0.39, 0.29) is 29.0 Å². The Hall–Kier alpha value is -2.53. The fourth-order valence-corrected chi connectivity index (χ4v) is 7.24. The number of benzene rings is 2. The second-order valence-corrected chi connectivity index (χ2v) is 10.6. The molecule has 2 aliphatic rings. The van der Waals surface area contributed by atoms with Crippen molar-refractivity contribution in [3.63, 3.8) is 0 Å². The molecule has 4 rings (SSSR count). The number of amidine groups is 1. The molecular weight excluding hydrogens is 451 g/mol. The molecule has 0 radical (unpaired) electrons. The number of rotatable bonds is 4. The minimum Gasteiger partial charge on any atom is -0.325 e. The monoisotopic (exact) mass is 469 g/mol. The van der Waals surface area contributed by atoms with Crippen molar-refractivity contribution in [2.24, 2.45) is 4.99 Å². The first-order valence-corrected chi connectivity index (χ1v) is 12.1. The molecule has 1 fully saturated rings. The van der Waals surface area contributed by atoms with Gasteiger partial charge < -0.3 is 10.2 Å². The summed E-state index contributed by atoms with van der Waals surface area (Å²) in [5, 5.41) is 2.75. The smallest absolute Gasteiger partial charge is 0.325 e. The third-order valence-electron chi connectivity index (χ3n) is 4.88. The summed E-state index contributed by atoms with van der Waals surface area (Å²) in [7, 11) is -3.18. The van der Waals surface area contributed by atoms with Gasteiger partial charge in [-0.1, -0.05) is 36.0 Å². The van der Waals surface area contributed by atoms with Crippen LogP contribution in [0.3, 0.4) is 0 Å². The number of amides is 1. The van der Waals surface area contributed by atoms with E-state index >= 15 is 0 Å². The van der Waals surface area contributed by atoms with Gasteiger partial charge in [-0.15, -0.1) is 0 Å². The molecule has 2 aliphatic heterocycles. The fraction of sp³-hybridized carbons (Fsp3) is 0.300. The number of halogens is 3. The van der Waals surface area contributed by atoms with Gasteiger partial charge in [0.25, 0.3) is 0 Å². The van der Waals surface area contributed by atoms with Gasteiger partial charge in [-0.3, -0.25) is 9.79 Å². The number of para-hydroxylation sites is 1. The number of alkyl halides is 3. The number of nitrogens with one attached hydrogen (secondary N) is 1. The zero-order chi connectivity index (χ0) is 22.2. The third-order valence-corrected chi connectivity index (χ3v) is 8.13. The molecule has 1 N–H and O–H groups in total. The molecule has 11 heteroatoms. The number of nitrogens with zero attached hydrogens (tertiary/aromatic N) is 2. The highest BCUT2D eigenvalue weighted by Gasteiger charge is 2.44. The van der Waals surface area contributed by atoms with Crippen molar-refractivity contribution in [1.29, 1.82) is 0 Å². The lowest BCUT2D eigenvalue weighted by atomic mass is 10.2. The normalized spacial score (nSPS) is 22.0. The summed E-state index contributed by atoms with van der Waals surface area (Å²) >= 11 is 1.18. The molecule has 1 saturated heterocycles. The number of aliphatic imine (C=N–C) groups is 1. The molecule has 0 unspecified atom stereocenters. The maximum absolute atomic E-state index is 13.2. The van der Waals surface area contributed by atoms with E-state index in [9.17, 15) is 26.4 Å². The molecule has 2 aromatic carbocycles. The van der Waals surface area contributed by atoms with Gasteiger partial charge in [-0.25, -0.2) is 8.42 Å². The van der Waals surface area contributed by atoms with Crippen LogP contribution in [-0.2, 0) is 20.8 Å². The average molecular weight is 470 g/mol. The van der Waals surface area contributed by atoms with Gasteiger partial charge in [0.2, 0.25) is 5.91 Å². The summed E-state index contributed by atoms with van der Waals surface area (Å²) < 4.78 is 63.4. The van der Waals surface area contributed by atoms with Gasteiger partial charge in [0.1, 0.15) is 6.54 Å². The molecule has 0 spiro atoms. The van der Waals surface area contributed by atoms with E-state index in [0.717, 1.165) is 12.1 Å². The first-order valence-electron chi connectivity index (χ1n) is 9.35. The number of hydrogen-bond acceptors (Lipinski definition) is 6. The van der Waals surface area contributed by atoms with Crippen molar-refractivity contribution in [3.05, 3.63) is 60.2 Å². The first-order chi connectivity index (χ1) is 14.6. The number of hydrogen-bond donors (Lipinski definition) is 1. The fourth-order valence-electron chi connectivity index (χ4n) is 3.46. The summed E-state index contributed by atoms with van der Waals surface area (Å²) in [5.41, 5.74) is -0.127. The Morgan fingerprint density at radius 2 is 1.87 bits per heavy atom. The van der Waals surface area contributed by atoms with Crippen LogP contribution in [0, 0.1) is 0 Å². The average Bonchev–Trinajstić information content (AvgIpc) is 3.19. The lowest BCUT2D eigenvalue weighted by Crippen LogP contribution is -2.36. The summed E-state index contributed by atoms with van der Waals surface area (Å²) in [5.74, 6) is -0.570. The van der Waals surface area contributed by atoms with E-state index in [1.54, 1.807) is 30.3 Å². The van der Waals surface area contributed by atoms with Crippen molar-refractivity contribution in [1.82, 2.24) is 0 Å². The molecule has 164 valence electrons. The molecule has 1 amide bonds. The maximum atomic E-state index is 13.2. The number of carbonyl (C=O) groups excluding carboxylic acids is 1. The predicted octanol–water partition coefficient (Wildman–Crippen LogP) is 3.42. The van der Waals surface area contributed by atoms with Gasteiger partial charge >= 0.3 is 6.18 Å². The highest BCUT2D eigenvalue weighted by molar-refractivity contribution is 8.15. The van der Waals surface area contributed by atoms with Gasteiger partial charge in [0.15, 0.2) is 15.0 Å². The van der Waals surface area contributed by atoms with E-state index in [1.807, 2.05) is 0 Å². The minimum absolute atomic E-state index is 0.0397. The topological polar surface area (TPSA) is 78.8 Å². The molecule has 2 aromatic rings. The largest absolute Gasteiger partial charge is 0.416 e. The first kappa shape index (κ1) is 21.7. The number of anilines is 2. The zero-order valence-electron chi connectivity index (χ0n) is 16.0. The number of thioether (sulfide) groups is 1. The third kappa shape index (κ3) is 5.04. The van der Waals surface area contributed by atoms with Gasteiger partial charge in [-0.05, 0) is 30.3 Å². The molecular formula is C20H18F3N3O3S2. The van der Waals surface area contributed by atoms with Crippen LogP contribution in [0.25, 0.3) is 0 Å². The maximum Gasteiger partial charge on any atom is 0.416 e. The van der Waals surface area contributed by atoms with Crippen LogP contribution in [-0.4, -0.2) is 48.8 Å². The summed E-state index contributed by atoms with van der Waals surface area (Å²) in [6, 6.07) is 12.9. The summed E-state index contributed by atoms with van der Waals surface area (Å²) in [4.78, 5) is 18.5. The molecule has 0 saturated carbocycles. The van der Waals surface area contributed by atoms with Crippen LogP contribution in [0.4, 0.5) is 24.5 Å². The Morgan fingerprint density at radius 3 is 2.55 bits per heavy atom. The lowest BCUT2D eigenvalue weighted by Gasteiger charge is -2.25. The van der Waals surface area contributed by atoms with Crippen molar-refractivity contribution < 1.29 is 26.4 Å². The van der Waals surface area contributed by atoms with Crippen molar-refractivity contribution in [2.45, 2.75) is 17.5 Å². The van der Waals surface area contributed by atoms with Gasteiger partial charge in [0.05, 0.1) is 23.1 Å². The van der Waals surface area contributed by atoms with Crippen molar-refractivity contribution >= 4 is 44.0 Å². The Kier molecular flexibility index (Phi) is 5.73. The minimum atomic E-state index is -4.54. The Labute approximate surface area is 181 Å². The number of fused-ring (bicyclic) bond motifs is 1. The van der Waals surface area contributed by atoms with Crippen molar-refractivity contribution in [3.8, 4) is 0 Å². The van der Waals surface area contributed by atoms with Crippen LogP contribution in [0.15, 0.2) is 59.6 Å². The standard InChI is InChI=1S/C20H18F3N3O3S2/c21-20(22,23)13-5-4-8-15(9-13)26(10-18(27)24-14-6-2-1-3-7-14)19-25-16-11-31(28,29)12-17(16)30-19/h1-9,16-17H,10-12H2,(H,24,27)/t16-,17+/m0/s1. The second-order valence-electron chi connectivity index (χ2n) is 7.26. The molecule has 31 heavy (non-hydrogen) atoms. The van der Waals surface area contributed by atoms with E-state index in [2.05, 4.69) is 10.3 Å². The molecule has 0 bridgehead atoms. The zero-order valence-corrected chi connectivity index (χ0v) is 17.7. The van der Waals surface area contributed by atoms with Gasteiger partial charge in [0, 0.05) is 16.6 Å². The Bertz CT molecular complexity index is 1120. The highest BCUT2D eigenvalue weighted by Crippen LogP contribution is 2.38. The van der Waals surface area contributed by atoms with Crippen LogP contribution in [0.2, 0.25) is 0 Å². The predicted molar refractivity (Wildman–Crippen MR) is 115 cm³/mol. The van der Waals surface area contributed by atoms with E-state index in [1.165, 1.54) is 28.8 Å². The Morgan fingerprint density at radius 1 is 1.13 bits per heavy atom.